The van der Waals surface area contributed by atoms with Crippen molar-refractivity contribution in [2.75, 3.05) is 4.90 Å². The van der Waals surface area contributed by atoms with Gasteiger partial charge in [-0.25, -0.2) is 0 Å². The van der Waals surface area contributed by atoms with Crippen molar-refractivity contribution in [2.45, 2.75) is 0 Å². The average molecular weight is 527 g/mol. The maximum atomic E-state index is 6.75. The molecular formula is C36H22BNO3. The molecular weight excluding hydrogens is 505 g/mol. The molecule has 3 heterocycles. The lowest BCUT2D eigenvalue weighted by atomic mass is 9.34. The van der Waals surface area contributed by atoms with Crippen molar-refractivity contribution < 1.29 is 14.2 Å². The second-order valence-electron chi connectivity index (χ2n) is 10.5. The lowest BCUT2D eigenvalue weighted by Crippen LogP contribution is -2.57. The van der Waals surface area contributed by atoms with Crippen LogP contribution in [0.1, 0.15) is 0 Å². The Bertz CT molecular complexity index is 2010. The molecule has 0 aliphatic carbocycles. The molecule has 0 atom stereocenters. The van der Waals surface area contributed by atoms with Gasteiger partial charge in [-0.15, -0.1) is 0 Å². The average Bonchev–Trinajstić information content (AvgIpc) is 3.03. The number of rotatable bonds is 2. The minimum Gasteiger partial charge on any atom is -0.458 e. The summed E-state index contributed by atoms with van der Waals surface area (Å²) in [4.78, 5) is 2.27. The number of hydrogen-bond acceptors (Lipinski definition) is 4. The maximum absolute atomic E-state index is 6.75. The Morgan fingerprint density at radius 1 is 0.415 bits per heavy atom. The molecule has 9 rings (SSSR count). The van der Waals surface area contributed by atoms with E-state index in [9.17, 15) is 0 Å². The number of hydrogen-bond donors (Lipinski definition) is 0. The van der Waals surface area contributed by atoms with Gasteiger partial charge in [-0.3, -0.25) is 0 Å². The highest BCUT2D eigenvalue weighted by molar-refractivity contribution is 6.98. The Balaban J connectivity index is 1.27. The van der Waals surface area contributed by atoms with Crippen LogP contribution in [-0.2, 0) is 0 Å². The number of benzene rings is 6. The van der Waals surface area contributed by atoms with Crippen molar-refractivity contribution in [3.63, 3.8) is 0 Å². The van der Waals surface area contributed by atoms with Gasteiger partial charge < -0.3 is 19.1 Å². The molecule has 0 unspecified atom stereocenters. The van der Waals surface area contributed by atoms with Crippen molar-refractivity contribution in [3.8, 4) is 45.6 Å². The zero-order chi connectivity index (χ0) is 26.9. The Morgan fingerprint density at radius 2 is 1.00 bits per heavy atom. The van der Waals surface area contributed by atoms with E-state index in [1.165, 1.54) is 0 Å². The summed E-state index contributed by atoms with van der Waals surface area (Å²) in [6.45, 7) is 0.0110. The fraction of sp³-hybridized carbons (Fsp3) is 0. The molecule has 0 saturated carbocycles. The SMILES string of the molecule is c1ccc(N2c3ccccc3Oc3c(-c4cccc5c4Oc4cccc6c4B5c4ccccc4O6)cccc32)cc1. The number of para-hydroxylation sites is 6. The summed E-state index contributed by atoms with van der Waals surface area (Å²) in [5.74, 6) is 5.02. The third kappa shape index (κ3) is 3.23. The number of nitrogens with zero attached hydrogens (tertiary/aromatic N) is 1. The van der Waals surface area contributed by atoms with Gasteiger partial charge in [-0.05, 0) is 59.5 Å². The smallest absolute Gasteiger partial charge is 0.260 e. The van der Waals surface area contributed by atoms with E-state index >= 15 is 0 Å². The second kappa shape index (κ2) is 8.54. The molecule has 6 aromatic carbocycles. The molecule has 0 bridgehead atoms. The van der Waals surface area contributed by atoms with Gasteiger partial charge >= 0.3 is 0 Å². The zero-order valence-electron chi connectivity index (χ0n) is 22.0. The fourth-order valence-electron chi connectivity index (χ4n) is 6.46. The number of ether oxygens (including phenoxy) is 3. The largest absolute Gasteiger partial charge is 0.458 e. The van der Waals surface area contributed by atoms with Crippen LogP contribution in [0.2, 0.25) is 0 Å². The molecule has 6 aromatic rings. The van der Waals surface area contributed by atoms with Crippen LogP contribution in [0.25, 0.3) is 11.1 Å². The molecule has 0 fully saturated rings. The zero-order valence-corrected chi connectivity index (χ0v) is 22.0. The van der Waals surface area contributed by atoms with Gasteiger partial charge in [0, 0.05) is 22.3 Å². The Hall–Kier alpha value is -5.42. The number of anilines is 3. The monoisotopic (exact) mass is 527 g/mol. The summed E-state index contributed by atoms with van der Waals surface area (Å²) < 4.78 is 19.8. The van der Waals surface area contributed by atoms with Crippen LogP contribution in [-0.4, -0.2) is 6.71 Å². The van der Waals surface area contributed by atoms with Crippen molar-refractivity contribution in [1.29, 1.82) is 0 Å². The molecule has 0 radical (unpaired) electrons. The summed E-state index contributed by atoms with van der Waals surface area (Å²) in [7, 11) is 0. The fourth-order valence-corrected chi connectivity index (χ4v) is 6.46. The Labute approximate surface area is 238 Å². The molecule has 0 amide bonds. The molecule has 4 nitrogen and oxygen atoms in total. The summed E-state index contributed by atoms with van der Waals surface area (Å²) >= 11 is 0. The van der Waals surface area contributed by atoms with E-state index in [4.69, 9.17) is 14.2 Å². The molecule has 3 aliphatic heterocycles. The minimum absolute atomic E-state index is 0.0110. The molecule has 192 valence electrons. The van der Waals surface area contributed by atoms with Gasteiger partial charge in [0.25, 0.3) is 6.71 Å². The summed E-state index contributed by atoms with van der Waals surface area (Å²) in [5, 5.41) is 0. The molecule has 5 heteroatoms. The van der Waals surface area contributed by atoms with E-state index in [0.29, 0.717) is 0 Å². The van der Waals surface area contributed by atoms with E-state index in [1.807, 2.05) is 54.6 Å². The van der Waals surface area contributed by atoms with Gasteiger partial charge in [0.2, 0.25) is 0 Å². The molecule has 0 aromatic heterocycles. The molecule has 0 saturated heterocycles. The standard InChI is InChI=1S/C36H22BNO3/c1-2-11-23(12-3-1)38-28-17-5-7-20-31(28)40-36-25(14-9-18-29(36)38)24-13-8-16-27-35(24)41-33-22-10-21-32-34(33)37(27)26-15-4-6-19-30(26)39-32/h1-22H. The first-order chi connectivity index (χ1) is 20.3. The van der Waals surface area contributed by atoms with Gasteiger partial charge in [0.1, 0.15) is 23.0 Å². The molecule has 0 N–H and O–H groups in total. The summed E-state index contributed by atoms with van der Waals surface area (Å²) in [6, 6.07) is 45.7. The van der Waals surface area contributed by atoms with Gasteiger partial charge in [-0.2, -0.15) is 0 Å². The highest BCUT2D eigenvalue weighted by Gasteiger charge is 2.41. The second-order valence-corrected chi connectivity index (χ2v) is 10.5. The predicted octanol–water partition coefficient (Wildman–Crippen LogP) is 7.66. The predicted molar refractivity (Wildman–Crippen MR) is 164 cm³/mol. The van der Waals surface area contributed by atoms with Crippen molar-refractivity contribution in [3.05, 3.63) is 133 Å². The van der Waals surface area contributed by atoms with Crippen LogP contribution < -0.4 is 35.5 Å². The highest BCUT2D eigenvalue weighted by Crippen LogP contribution is 2.54. The number of fused-ring (bicyclic) bond motifs is 6. The van der Waals surface area contributed by atoms with E-state index in [0.717, 1.165) is 79.1 Å². The van der Waals surface area contributed by atoms with E-state index < -0.39 is 0 Å². The lowest BCUT2D eigenvalue weighted by Gasteiger charge is -2.35. The highest BCUT2D eigenvalue weighted by atomic mass is 16.5. The minimum atomic E-state index is 0.0110. The van der Waals surface area contributed by atoms with Gasteiger partial charge in [0.15, 0.2) is 11.5 Å². The Morgan fingerprint density at radius 3 is 1.88 bits per heavy atom. The van der Waals surface area contributed by atoms with Crippen LogP contribution >= 0.6 is 0 Å². The quantitative estimate of drug-likeness (QED) is 0.216. The van der Waals surface area contributed by atoms with Crippen LogP contribution in [0, 0.1) is 0 Å². The third-order valence-electron chi connectivity index (χ3n) is 8.19. The molecule has 3 aliphatic rings. The lowest BCUT2D eigenvalue weighted by molar-refractivity contribution is 0.463. The first kappa shape index (κ1) is 22.4. The molecule has 41 heavy (non-hydrogen) atoms. The van der Waals surface area contributed by atoms with Crippen molar-refractivity contribution >= 4 is 40.2 Å². The van der Waals surface area contributed by atoms with E-state index in [-0.39, 0.29) is 6.71 Å². The summed E-state index contributed by atoms with van der Waals surface area (Å²) in [6.07, 6.45) is 0. The van der Waals surface area contributed by atoms with Crippen molar-refractivity contribution in [1.82, 2.24) is 0 Å². The van der Waals surface area contributed by atoms with Crippen LogP contribution in [0.4, 0.5) is 17.1 Å². The van der Waals surface area contributed by atoms with Crippen LogP contribution in [0.3, 0.4) is 0 Å². The van der Waals surface area contributed by atoms with Gasteiger partial charge in [-0.1, -0.05) is 84.9 Å². The normalized spacial score (nSPS) is 13.4. The van der Waals surface area contributed by atoms with Gasteiger partial charge in [0.05, 0.1) is 11.4 Å². The van der Waals surface area contributed by atoms with Crippen LogP contribution in [0.15, 0.2) is 133 Å². The Kier molecular flexibility index (Phi) is 4.67. The van der Waals surface area contributed by atoms with Crippen LogP contribution in [0.5, 0.6) is 34.5 Å². The third-order valence-corrected chi connectivity index (χ3v) is 8.19. The molecule has 0 spiro atoms. The van der Waals surface area contributed by atoms with Crippen molar-refractivity contribution in [2.24, 2.45) is 0 Å². The first-order valence-electron chi connectivity index (χ1n) is 13.8. The first-order valence-corrected chi connectivity index (χ1v) is 13.8. The maximum Gasteiger partial charge on any atom is 0.260 e. The topological polar surface area (TPSA) is 30.9 Å². The van der Waals surface area contributed by atoms with E-state index in [2.05, 4.69) is 83.8 Å². The van der Waals surface area contributed by atoms with E-state index in [1.54, 1.807) is 0 Å². The summed E-state index contributed by atoms with van der Waals surface area (Å²) in [5.41, 5.74) is 8.38.